The van der Waals surface area contributed by atoms with Crippen LogP contribution in [-0.4, -0.2) is 57.1 Å². The molecule has 5 heterocycles. The van der Waals surface area contributed by atoms with Gasteiger partial charge in [0.2, 0.25) is 17.7 Å². The number of halogens is 5. The first-order chi connectivity index (χ1) is 18.4. The standard InChI is InChI=1S/C27H26F3N5O3S.2ClH/c1-13-8-18(27(28,29)30)33-22(16(13)12-34-7-6-31-10-19(34)36)15-4-5-32-17-9-14(39-23(15)17)11-35-24(37)20-21(25(35)38)26(20,2)3;;/h4-5,8-9,20-21,31H,6-7,10-12H2,1-3H3;2*1H. The Labute approximate surface area is 250 Å². The molecule has 1 saturated carbocycles. The number of fused-ring (bicyclic) bond motifs is 2. The first kappa shape index (κ1) is 31.1. The first-order valence-electron chi connectivity index (χ1n) is 12.7. The number of rotatable bonds is 5. The molecular weight excluding hydrogens is 602 g/mol. The molecule has 1 aliphatic carbocycles. The average molecular weight is 631 g/mol. The molecule has 0 bridgehead atoms. The van der Waals surface area contributed by atoms with Crippen molar-refractivity contribution in [2.75, 3.05) is 19.6 Å². The number of alkyl halides is 3. The molecule has 0 radical (unpaired) electrons. The van der Waals surface area contributed by atoms with Crippen LogP contribution in [0, 0.1) is 24.2 Å². The number of aryl methyl sites for hydroxylation is 1. The van der Waals surface area contributed by atoms with E-state index < -0.39 is 11.9 Å². The van der Waals surface area contributed by atoms with E-state index in [-0.39, 0.29) is 85.1 Å². The van der Waals surface area contributed by atoms with Gasteiger partial charge in [0.25, 0.3) is 0 Å². The maximum atomic E-state index is 13.8. The van der Waals surface area contributed by atoms with Crippen molar-refractivity contribution in [3.05, 3.63) is 46.1 Å². The molecular formula is C27H28Cl2F3N5O3S. The predicted octanol–water partition coefficient (Wildman–Crippen LogP) is 4.60. The third-order valence-electron chi connectivity index (χ3n) is 8.10. The number of hydrogen-bond donors (Lipinski definition) is 1. The lowest BCUT2D eigenvalue weighted by molar-refractivity contribution is -0.144. The van der Waals surface area contributed by atoms with E-state index in [0.717, 1.165) is 6.07 Å². The summed E-state index contributed by atoms with van der Waals surface area (Å²) in [5, 5.41) is 3.00. The summed E-state index contributed by atoms with van der Waals surface area (Å²) in [6.07, 6.45) is -3.14. The van der Waals surface area contributed by atoms with Gasteiger partial charge in [-0.3, -0.25) is 24.3 Å². The quantitative estimate of drug-likeness (QED) is 0.415. The van der Waals surface area contributed by atoms with E-state index in [1.165, 1.54) is 22.4 Å². The third-order valence-corrected chi connectivity index (χ3v) is 9.24. The zero-order valence-corrected chi connectivity index (χ0v) is 24.8. The Bertz CT molecular complexity index is 1540. The van der Waals surface area contributed by atoms with E-state index in [2.05, 4.69) is 15.3 Å². The van der Waals surface area contributed by atoms with Gasteiger partial charge in [0.05, 0.1) is 40.8 Å². The highest BCUT2D eigenvalue weighted by Gasteiger charge is 2.72. The number of nitrogens with one attached hydrogen (secondary N) is 1. The molecule has 2 aliphatic heterocycles. The Hall–Kier alpha value is -2.80. The zero-order chi connectivity index (χ0) is 27.9. The van der Waals surface area contributed by atoms with Gasteiger partial charge in [-0.1, -0.05) is 13.8 Å². The van der Waals surface area contributed by atoms with Gasteiger partial charge in [-0.15, -0.1) is 36.2 Å². The lowest BCUT2D eigenvalue weighted by atomic mass is 9.99. The highest BCUT2D eigenvalue weighted by molar-refractivity contribution is 7.19. The summed E-state index contributed by atoms with van der Waals surface area (Å²) in [4.78, 5) is 50.2. The average Bonchev–Trinajstić information content (AvgIpc) is 3.10. The molecule has 2 atom stereocenters. The van der Waals surface area contributed by atoms with Crippen LogP contribution in [-0.2, 0) is 33.6 Å². The first-order valence-corrected chi connectivity index (χ1v) is 13.5. The van der Waals surface area contributed by atoms with Crippen molar-refractivity contribution in [2.45, 2.75) is 40.0 Å². The van der Waals surface area contributed by atoms with Crippen LogP contribution in [0.15, 0.2) is 24.4 Å². The van der Waals surface area contributed by atoms with Gasteiger partial charge in [-0.25, -0.2) is 4.98 Å². The fourth-order valence-electron chi connectivity index (χ4n) is 5.84. The minimum Gasteiger partial charge on any atom is -0.336 e. The number of likely N-dealkylation sites (tertiary alicyclic amines) is 1. The topological polar surface area (TPSA) is 95.5 Å². The Morgan fingerprint density at radius 2 is 1.78 bits per heavy atom. The molecule has 41 heavy (non-hydrogen) atoms. The number of hydrogen-bond acceptors (Lipinski definition) is 7. The second-order valence-electron chi connectivity index (χ2n) is 11.0. The van der Waals surface area contributed by atoms with Crippen LogP contribution in [0.3, 0.4) is 0 Å². The molecule has 220 valence electrons. The number of piperazine rings is 1. The van der Waals surface area contributed by atoms with E-state index in [0.29, 0.717) is 44.9 Å². The van der Waals surface area contributed by atoms with Crippen molar-refractivity contribution in [3.63, 3.8) is 0 Å². The summed E-state index contributed by atoms with van der Waals surface area (Å²) in [5.41, 5.74) is 0.745. The minimum absolute atomic E-state index is 0. The number of thiophene rings is 1. The largest absolute Gasteiger partial charge is 0.433 e. The van der Waals surface area contributed by atoms with Gasteiger partial charge in [0.15, 0.2) is 0 Å². The van der Waals surface area contributed by atoms with Crippen molar-refractivity contribution in [2.24, 2.45) is 17.3 Å². The fraction of sp³-hybridized carbons (Fsp3) is 0.444. The lowest BCUT2D eigenvalue weighted by Gasteiger charge is -2.29. The van der Waals surface area contributed by atoms with Gasteiger partial charge in [-0.05, 0) is 36.1 Å². The lowest BCUT2D eigenvalue weighted by Crippen LogP contribution is -2.47. The van der Waals surface area contributed by atoms with Crippen LogP contribution in [0.25, 0.3) is 21.5 Å². The predicted molar refractivity (Wildman–Crippen MR) is 152 cm³/mol. The van der Waals surface area contributed by atoms with Crippen LogP contribution >= 0.6 is 36.2 Å². The maximum absolute atomic E-state index is 13.8. The minimum atomic E-state index is -4.65. The van der Waals surface area contributed by atoms with Gasteiger partial charge in [0.1, 0.15) is 5.69 Å². The summed E-state index contributed by atoms with van der Waals surface area (Å²) in [5.74, 6) is -1.08. The fourth-order valence-corrected chi connectivity index (χ4v) is 6.96. The molecule has 2 unspecified atom stereocenters. The van der Waals surface area contributed by atoms with Crippen LogP contribution in [0.5, 0.6) is 0 Å². The van der Waals surface area contributed by atoms with Crippen LogP contribution in [0.2, 0.25) is 0 Å². The molecule has 3 fully saturated rings. The van der Waals surface area contributed by atoms with E-state index in [4.69, 9.17) is 0 Å². The Balaban J connectivity index is 0.00000194. The van der Waals surface area contributed by atoms with E-state index >= 15 is 0 Å². The molecule has 3 amide bonds. The van der Waals surface area contributed by atoms with Crippen LogP contribution < -0.4 is 5.32 Å². The van der Waals surface area contributed by atoms with Crippen molar-refractivity contribution < 1.29 is 27.6 Å². The monoisotopic (exact) mass is 629 g/mol. The molecule has 0 aromatic carbocycles. The van der Waals surface area contributed by atoms with Crippen molar-refractivity contribution in [1.29, 1.82) is 0 Å². The van der Waals surface area contributed by atoms with E-state index in [1.807, 2.05) is 13.8 Å². The Kier molecular flexibility index (Phi) is 8.20. The summed E-state index contributed by atoms with van der Waals surface area (Å²) in [6.45, 7) is 6.85. The van der Waals surface area contributed by atoms with Crippen LogP contribution in [0.4, 0.5) is 13.2 Å². The van der Waals surface area contributed by atoms with Crippen molar-refractivity contribution in [1.82, 2.24) is 25.1 Å². The van der Waals surface area contributed by atoms with Gasteiger partial charge < -0.3 is 10.2 Å². The molecule has 0 spiro atoms. The number of imide groups is 1. The normalized spacial score (nSPS) is 21.6. The second kappa shape index (κ2) is 10.8. The number of carbonyl (C=O) groups is 3. The number of nitrogens with zero attached hydrogens (tertiary/aromatic N) is 4. The Morgan fingerprint density at radius 3 is 2.41 bits per heavy atom. The zero-order valence-electron chi connectivity index (χ0n) is 22.4. The van der Waals surface area contributed by atoms with E-state index in [1.54, 1.807) is 24.0 Å². The van der Waals surface area contributed by atoms with Crippen LogP contribution in [0.1, 0.15) is 35.5 Å². The highest BCUT2D eigenvalue weighted by atomic mass is 35.5. The number of piperidine rings is 1. The summed E-state index contributed by atoms with van der Waals surface area (Å²) in [7, 11) is 0. The van der Waals surface area contributed by atoms with Crippen molar-refractivity contribution >= 4 is 64.1 Å². The summed E-state index contributed by atoms with van der Waals surface area (Å²) >= 11 is 1.28. The maximum Gasteiger partial charge on any atom is 0.433 e. The third kappa shape index (κ3) is 5.19. The van der Waals surface area contributed by atoms with Gasteiger partial charge >= 0.3 is 6.18 Å². The SMILES string of the molecule is Cc1cc(C(F)(F)F)nc(-c2ccnc3cc(CN4C(=O)C5C(C4=O)C5(C)C)sc23)c1CN1CCNCC1=O.Cl.Cl. The molecule has 14 heteroatoms. The molecule has 3 aromatic rings. The molecule has 3 aliphatic rings. The van der Waals surface area contributed by atoms with E-state index in [9.17, 15) is 27.6 Å². The summed E-state index contributed by atoms with van der Waals surface area (Å²) in [6, 6.07) is 4.40. The number of aromatic nitrogens is 2. The molecule has 8 nitrogen and oxygen atoms in total. The number of carbonyl (C=O) groups excluding carboxylic acids is 3. The number of pyridine rings is 2. The molecule has 3 aromatic heterocycles. The Morgan fingerprint density at radius 1 is 1.10 bits per heavy atom. The molecule has 1 N–H and O–H groups in total. The smallest absolute Gasteiger partial charge is 0.336 e. The number of amides is 3. The van der Waals surface area contributed by atoms with Crippen molar-refractivity contribution in [3.8, 4) is 11.3 Å². The molecule has 6 rings (SSSR count). The molecule has 2 saturated heterocycles. The van der Waals surface area contributed by atoms with Gasteiger partial charge in [-0.2, -0.15) is 13.2 Å². The second-order valence-corrected chi connectivity index (χ2v) is 12.1. The highest BCUT2D eigenvalue weighted by Crippen LogP contribution is 2.63. The summed E-state index contributed by atoms with van der Waals surface area (Å²) < 4.78 is 42.0. The van der Waals surface area contributed by atoms with Gasteiger partial charge in [0, 0.05) is 41.8 Å².